The highest BCUT2D eigenvalue weighted by molar-refractivity contribution is 7.79. The zero-order valence-electron chi connectivity index (χ0n) is 10.3. The number of nitrogens with zero attached hydrogens (tertiary/aromatic N) is 2. The molecule has 1 heterocycles. The second kappa shape index (κ2) is 5.47. The molecule has 1 aromatic rings. The van der Waals surface area contributed by atoms with Gasteiger partial charge in [-0.3, -0.25) is 0 Å². The molecule has 2 rings (SSSR count). The lowest BCUT2D eigenvalue weighted by atomic mass is 10.1. The van der Waals surface area contributed by atoms with Crippen LogP contribution >= 0.6 is 12.2 Å². The lowest BCUT2D eigenvalue weighted by Gasteiger charge is -2.29. The van der Waals surface area contributed by atoms with Crippen LogP contribution in [0.15, 0.2) is 18.2 Å². The smallest absolute Gasteiger partial charge is 0.0682 e. The van der Waals surface area contributed by atoms with Crippen LogP contribution < -0.4 is 9.80 Å². The number of ether oxygens (including phenoxy) is 1. The fourth-order valence-electron chi connectivity index (χ4n) is 2.11. The van der Waals surface area contributed by atoms with Crippen LogP contribution in [-0.2, 0) is 4.74 Å². The molecule has 0 N–H and O–H groups in total. The van der Waals surface area contributed by atoms with Crippen molar-refractivity contribution in [3.05, 3.63) is 23.8 Å². The van der Waals surface area contributed by atoms with Crippen molar-refractivity contribution in [3.63, 3.8) is 0 Å². The highest BCUT2D eigenvalue weighted by Gasteiger charge is 2.12. The number of rotatable bonds is 3. The number of hydrogen-bond acceptors (Lipinski definition) is 3. The summed E-state index contributed by atoms with van der Waals surface area (Å²) < 4.78 is 5.36. The van der Waals surface area contributed by atoms with Gasteiger partial charge in [-0.25, -0.2) is 0 Å². The number of benzene rings is 1. The van der Waals surface area contributed by atoms with Crippen molar-refractivity contribution in [1.82, 2.24) is 0 Å². The molecule has 0 radical (unpaired) electrons. The number of morpholine rings is 1. The van der Waals surface area contributed by atoms with E-state index in [1.54, 1.807) is 5.49 Å². The van der Waals surface area contributed by atoms with Crippen LogP contribution in [0.1, 0.15) is 5.56 Å². The van der Waals surface area contributed by atoms with Gasteiger partial charge in [0, 0.05) is 31.5 Å². The minimum atomic E-state index is 0.820. The molecule has 0 spiro atoms. The highest BCUT2D eigenvalue weighted by atomic mass is 32.1. The van der Waals surface area contributed by atoms with Crippen molar-refractivity contribution < 1.29 is 4.74 Å². The molecule has 0 aliphatic carbocycles. The van der Waals surface area contributed by atoms with Crippen LogP contribution in [-0.4, -0.2) is 38.8 Å². The third kappa shape index (κ3) is 2.76. The molecule has 0 saturated carbocycles. The Bertz CT molecular complexity index is 402. The summed E-state index contributed by atoms with van der Waals surface area (Å²) in [5.74, 6) is 0. The van der Waals surface area contributed by atoms with E-state index >= 15 is 0 Å². The van der Waals surface area contributed by atoms with Crippen LogP contribution in [0.4, 0.5) is 11.4 Å². The van der Waals surface area contributed by atoms with Gasteiger partial charge >= 0.3 is 0 Å². The quantitative estimate of drug-likeness (QED) is 0.764. The van der Waals surface area contributed by atoms with E-state index in [9.17, 15) is 0 Å². The predicted molar refractivity (Wildman–Crippen MR) is 76.3 cm³/mol. The molecule has 1 fully saturated rings. The molecule has 92 valence electrons. The molecule has 1 saturated heterocycles. The van der Waals surface area contributed by atoms with Crippen LogP contribution in [0.2, 0.25) is 0 Å². The minimum Gasteiger partial charge on any atom is -0.378 e. The van der Waals surface area contributed by atoms with E-state index in [0.717, 1.165) is 32.0 Å². The lowest BCUT2D eigenvalue weighted by Crippen LogP contribution is -2.36. The van der Waals surface area contributed by atoms with E-state index in [2.05, 4.69) is 30.0 Å². The maximum atomic E-state index is 5.36. The first-order valence-corrected chi connectivity index (χ1v) is 6.31. The van der Waals surface area contributed by atoms with Crippen LogP contribution in [0.5, 0.6) is 0 Å². The molecule has 4 heteroatoms. The molecule has 1 aliphatic heterocycles. The average molecular weight is 250 g/mol. The van der Waals surface area contributed by atoms with Crippen molar-refractivity contribution in [2.75, 3.05) is 43.2 Å². The SMILES string of the molecule is Cc1cc(N2CCOCC2)ccc1N(C)C=S. The van der Waals surface area contributed by atoms with Crippen LogP contribution in [0, 0.1) is 6.92 Å². The molecule has 0 bridgehead atoms. The van der Waals surface area contributed by atoms with E-state index < -0.39 is 0 Å². The van der Waals surface area contributed by atoms with Gasteiger partial charge < -0.3 is 14.5 Å². The van der Waals surface area contributed by atoms with Crippen molar-refractivity contribution in [3.8, 4) is 0 Å². The summed E-state index contributed by atoms with van der Waals surface area (Å²) in [4.78, 5) is 4.32. The molecular weight excluding hydrogens is 232 g/mol. The summed E-state index contributed by atoms with van der Waals surface area (Å²) in [5.41, 5.74) is 5.35. The van der Waals surface area contributed by atoms with Gasteiger partial charge in [-0.15, -0.1) is 0 Å². The van der Waals surface area contributed by atoms with Gasteiger partial charge in [-0.1, -0.05) is 12.2 Å². The van der Waals surface area contributed by atoms with Gasteiger partial charge in [-0.2, -0.15) is 0 Å². The van der Waals surface area contributed by atoms with Gasteiger partial charge in [-0.05, 0) is 30.7 Å². The lowest BCUT2D eigenvalue weighted by molar-refractivity contribution is 0.122. The first-order valence-electron chi connectivity index (χ1n) is 5.84. The molecule has 0 amide bonds. The topological polar surface area (TPSA) is 15.7 Å². The third-order valence-electron chi connectivity index (χ3n) is 3.09. The van der Waals surface area contributed by atoms with Crippen molar-refractivity contribution >= 4 is 29.1 Å². The zero-order chi connectivity index (χ0) is 12.3. The van der Waals surface area contributed by atoms with E-state index in [4.69, 9.17) is 17.0 Å². The second-order valence-electron chi connectivity index (χ2n) is 4.29. The fraction of sp³-hybridized carbons (Fsp3) is 0.462. The zero-order valence-corrected chi connectivity index (χ0v) is 11.2. The summed E-state index contributed by atoms with van der Waals surface area (Å²) in [6.07, 6.45) is 0. The minimum absolute atomic E-state index is 0.820. The Hall–Kier alpha value is -1.13. The molecule has 3 nitrogen and oxygen atoms in total. The highest BCUT2D eigenvalue weighted by Crippen LogP contribution is 2.25. The normalized spacial score (nSPS) is 15.8. The van der Waals surface area contributed by atoms with Gasteiger partial charge in [0.15, 0.2) is 0 Å². The number of anilines is 2. The maximum absolute atomic E-state index is 5.36. The van der Waals surface area contributed by atoms with Gasteiger partial charge in [0.2, 0.25) is 0 Å². The Morgan fingerprint density at radius 2 is 2.06 bits per heavy atom. The van der Waals surface area contributed by atoms with Crippen molar-refractivity contribution in [1.29, 1.82) is 0 Å². The molecule has 1 aromatic carbocycles. The Labute approximate surface area is 108 Å². The maximum Gasteiger partial charge on any atom is 0.0682 e. The summed E-state index contributed by atoms with van der Waals surface area (Å²) in [5, 5.41) is 0. The van der Waals surface area contributed by atoms with Crippen LogP contribution in [0.25, 0.3) is 0 Å². The number of aryl methyl sites for hydroxylation is 1. The summed E-state index contributed by atoms with van der Waals surface area (Å²) in [6.45, 7) is 5.71. The van der Waals surface area contributed by atoms with Gasteiger partial charge in [0.05, 0.1) is 18.7 Å². The molecule has 0 atom stereocenters. The summed E-state index contributed by atoms with van der Waals surface area (Å²) >= 11 is 4.95. The summed E-state index contributed by atoms with van der Waals surface area (Å²) in [7, 11) is 1.98. The van der Waals surface area contributed by atoms with E-state index in [1.165, 1.54) is 11.3 Å². The van der Waals surface area contributed by atoms with E-state index in [1.807, 2.05) is 11.9 Å². The standard InChI is InChI=1S/C13H18N2OS/c1-11-9-12(15-5-7-16-8-6-15)3-4-13(11)14(2)10-17/h3-4,9-10H,5-8H2,1-2H3. The van der Waals surface area contributed by atoms with E-state index in [-0.39, 0.29) is 0 Å². The Morgan fingerprint density at radius 1 is 1.35 bits per heavy atom. The fourth-order valence-corrected chi connectivity index (χ4v) is 2.22. The summed E-state index contributed by atoms with van der Waals surface area (Å²) in [6, 6.07) is 6.50. The molecule has 0 unspecified atom stereocenters. The molecule has 17 heavy (non-hydrogen) atoms. The first kappa shape index (κ1) is 12.3. The third-order valence-corrected chi connectivity index (χ3v) is 3.41. The van der Waals surface area contributed by atoms with Crippen molar-refractivity contribution in [2.45, 2.75) is 6.92 Å². The molecule has 0 aromatic heterocycles. The first-order chi connectivity index (χ1) is 8.22. The largest absolute Gasteiger partial charge is 0.378 e. The Morgan fingerprint density at radius 3 is 2.65 bits per heavy atom. The van der Waals surface area contributed by atoms with Crippen LogP contribution in [0.3, 0.4) is 0 Å². The van der Waals surface area contributed by atoms with Gasteiger partial charge in [0.1, 0.15) is 0 Å². The van der Waals surface area contributed by atoms with E-state index in [0.29, 0.717) is 0 Å². The number of hydrogen-bond donors (Lipinski definition) is 0. The monoisotopic (exact) mass is 250 g/mol. The Balaban J connectivity index is 2.20. The molecular formula is C13H18N2OS. The van der Waals surface area contributed by atoms with Gasteiger partial charge in [0.25, 0.3) is 0 Å². The van der Waals surface area contributed by atoms with Crippen molar-refractivity contribution in [2.24, 2.45) is 0 Å². The molecule has 1 aliphatic rings. The average Bonchev–Trinajstić information content (AvgIpc) is 2.39. The number of thiocarbonyl (C=S) groups is 1. The second-order valence-corrected chi connectivity index (χ2v) is 4.50. The predicted octanol–water partition coefficient (Wildman–Crippen LogP) is 2.23. The Kier molecular flexibility index (Phi) is 3.97.